The Balaban J connectivity index is 2.17. The van der Waals surface area contributed by atoms with Gasteiger partial charge in [-0.3, -0.25) is 4.90 Å². The highest BCUT2D eigenvalue weighted by molar-refractivity contribution is 5.03. The van der Waals surface area contributed by atoms with Crippen LogP contribution in [0.4, 0.5) is 0 Å². The Hall–Kier alpha value is -0.160. The minimum Gasteiger partial charge on any atom is -0.389 e. The molecule has 1 saturated carbocycles. The molecule has 2 fully saturated rings. The number of methoxy groups -OCH3 is 1. The van der Waals surface area contributed by atoms with Crippen molar-refractivity contribution in [2.45, 2.75) is 57.3 Å². The van der Waals surface area contributed by atoms with E-state index in [2.05, 4.69) is 18.7 Å². The van der Waals surface area contributed by atoms with Crippen LogP contribution in [0.2, 0.25) is 0 Å². The Morgan fingerprint density at radius 2 is 1.89 bits per heavy atom. The molecule has 1 heterocycles. The fourth-order valence-electron chi connectivity index (χ4n) is 3.64. The maximum absolute atomic E-state index is 10.8. The molecule has 0 aromatic rings. The average molecular weight is 271 g/mol. The zero-order chi connectivity index (χ0) is 14.1. The lowest BCUT2D eigenvalue weighted by atomic mass is 9.68. The lowest BCUT2D eigenvalue weighted by Gasteiger charge is -2.53. The summed E-state index contributed by atoms with van der Waals surface area (Å²) in [5, 5.41) is 10.8. The summed E-state index contributed by atoms with van der Waals surface area (Å²) in [5.41, 5.74) is -0.709. The van der Waals surface area contributed by atoms with Gasteiger partial charge in [0.2, 0.25) is 0 Å². The molecule has 2 aliphatic rings. The van der Waals surface area contributed by atoms with Gasteiger partial charge in [-0.05, 0) is 32.1 Å². The van der Waals surface area contributed by atoms with E-state index in [-0.39, 0.29) is 11.6 Å². The summed E-state index contributed by atoms with van der Waals surface area (Å²) in [5.74, 6) is 0.470. The fourth-order valence-corrected chi connectivity index (χ4v) is 3.64. The van der Waals surface area contributed by atoms with Crippen molar-refractivity contribution in [2.75, 3.05) is 33.4 Å². The highest BCUT2D eigenvalue weighted by Crippen LogP contribution is 2.43. The third kappa shape index (κ3) is 2.97. The number of ether oxygens (including phenoxy) is 2. The molecular weight excluding hydrogens is 242 g/mol. The quantitative estimate of drug-likeness (QED) is 0.848. The van der Waals surface area contributed by atoms with Crippen molar-refractivity contribution in [3.05, 3.63) is 0 Å². The van der Waals surface area contributed by atoms with Gasteiger partial charge in [-0.25, -0.2) is 0 Å². The normalized spacial score (nSPS) is 41.7. The number of aliphatic hydroxyl groups is 1. The monoisotopic (exact) mass is 271 g/mol. The SMILES string of the molecule is COC1(C(C)C)CCC(C)(O)C(N2CCOCC2)C1. The lowest BCUT2D eigenvalue weighted by Crippen LogP contribution is -2.62. The minimum atomic E-state index is -0.617. The number of hydrogen-bond acceptors (Lipinski definition) is 4. The average Bonchev–Trinajstić information content (AvgIpc) is 2.40. The third-order valence-electron chi connectivity index (χ3n) is 5.26. The number of nitrogens with zero attached hydrogens (tertiary/aromatic N) is 1. The second-order valence-corrected chi connectivity index (χ2v) is 6.65. The van der Waals surface area contributed by atoms with Crippen LogP contribution >= 0.6 is 0 Å². The molecule has 2 rings (SSSR count). The summed E-state index contributed by atoms with van der Waals surface area (Å²) in [6.07, 6.45) is 2.66. The number of hydrogen-bond donors (Lipinski definition) is 1. The smallest absolute Gasteiger partial charge is 0.0776 e. The highest BCUT2D eigenvalue weighted by atomic mass is 16.5. The molecule has 1 aliphatic carbocycles. The topological polar surface area (TPSA) is 41.9 Å². The van der Waals surface area contributed by atoms with Crippen LogP contribution in [0, 0.1) is 5.92 Å². The Labute approximate surface area is 117 Å². The summed E-state index contributed by atoms with van der Waals surface area (Å²) in [4.78, 5) is 2.39. The van der Waals surface area contributed by atoms with E-state index in [1.807, 2.05) is 14.0 Å². The molecule has 0 radical (unpaired) electrons. The molecular formula is C15H29NO3. The molecule has 0 spiro atoms. The summed E-state index contributed by atoms with van der Waals surface area (Å²) in [6, 6.07) is 0.174. The lowest BCUT2D eigenvalue weighted by molar-refractivity contribution is -0.164. The van der Waals surface area contributed by atoms with Crippen LogP contribution in [0.15, 0.2) is 0 Å². The molecule has 0 amide bonds. The van der Waals surface area contributed by atoms with Gasteiger partial charge < -0.3 is 14.6 Å². The van der Waals surface area contributed by atoms with Crippen molar-refractivity contribution in [3.8, 4) is 0 Å². The molecule has 0 bridgehead atoms. The third-order valence-corrected chi connectivity index (χ3v) is 5.26. The van der Waals surface area contributed by atoms with E-state index in [1.54, 1.807) is 0 Å². The van der Waals surface area contributed by atoms with Crippen molar-refractivity contribution in [3.63, 3.8) is 0 Å². The van der Waals surface area contributed by atoms with E-state index in [0.29, 0.717) is 5.92 Å². The molecule has 1 aliphatic heterocycles. The summed E-state index contributed by atoms with van der Waals surface area (Å²) >= 11 is 0. The predicted octanol–water partition coefficient (Wildman–Crippen LogP) is 1.66. The first-order valence-corrected chi connectivity index (χ1v) is 7.50. The van der Waals surface area contributed by atoms with E-state index < -0.39 is 5.60 Å². The van der Waals surface area contributed by atoms with Gasteiger partial charge in [-0.15, -0.1) is 0 Å². The Bertz CT molecular complexity index is 300. The second-order valence-electron chi connectivity index (χ2n) is 6.65. The molecule has 1 saturated heterocycles. The minimum absolute atomic E-state index is 0.0921. The van der Waals surface area contributed by atoms with E-state index in [0.717, 1.165) is 45.6 Å². The molecule has 4 heteroatoms. The molecule has 0 aromatic carbocycles. The predicted molar refractivity (Wildman–Crippen MR) is 75.2 cm³/mol. The van der Waals surface area contributed by atoms with Crippen molar-refractivity contribution >= 4 is 0 Å². The first-order valence-electron chi connectivity index (χ1n) is 7.50. The Morgan fingerprint density at radius 1 is 1.26 bits per heavy atom. The van der Waals surface area contributed by atoms with Crippen molar-refractivity contribution in [1.29, 1.82) is 0 Å². The molecule has 0 aromatic heterocycles. The molecule has 1 N–H and O–H groups in total. The molecule has 4 nitrogen and oxygen atoms in total. The zero-order valence-corrected chi connectivity index (χ0v) is 12.8. The fraction of sp³-hybridized carbons (Fsp3) is 1.00. The van der Waals surface area contributed by atoms with Gasteiger partial charge in [0.05, 0.1) is 24.4 Å². The van der Waals surface area contributed by atoms with E-state index in [9.17, 15) is 5.11 Å². The van der Waals surface area contributed by atoms with Crippen LogP contribution in [0.3, 0.4) is 0 Å². The van der Waals surface area contributed by atoms with Crippen LogP contribution < -0.4 is 0 Å². The molecule has 19 heavy (non-hydrogen) atoms. The Kier molecular flexibility index (Phi) is 4.56. The maximum atomic E-state index is 10.8. The van der Waals surface area contributed by atoms with Crippen LogP contribution in [-0.2, 0) is 9.47 Å². The van der Waals surface area contributed by atoms with Gasteiger partial charge in [0.1, 0.15) is 0 Å². The first-order chi connectivity index (χ1) is 8.91. The first kappa shape index (κ1) is 15.2. The summed E-state index contributed by atoms with van der Waals surface area (Å²) in [6.45, 7) is 9.80. The van der Waals surface area contributed by atoms with E-state index in [1.165, 1.54) is 0 Å². The van der Waals surface area contributed by atoms with Crippen LogP contribution in [0.1, 0.15) is 40.0 Å². The largest absolute Gasteiger partial charge is 0.389 e. The van der Waals surface area contributed by atoms with Crippen molar-refractivity contribution in [1.82, 2.24) is 4.90 Å². The van der Waals surface area contributed by atoms with Crippen LogP contribution in [0.5, 0.6) is 0 Å². The summed E-state index contributed by atoms with van der Waals surface area (Å²) in [7, 11) is 1.82. The number of morpholine rings is 1. The zero-order valence-electron chi connectivity index (χ0n) is 12.8. The Morgan fingerprint density at radius 3 is 2.42 bits per heavy atom. The second kappa shape index (κ2) is 5.68. The van der Waals surface area contributed by atoms with Gasteiger partial charge in [0.25, 0.3) is 0 Å². The van der Waals surface area contributed by atoms with Crippen LogP contribution in [-0.4, -0.2) is 60.7 Å². The van der Waals surface area contributed by atoms with E-state index in [4.69, 9.17) is 9.47 Å². The maximum Gasteiger partial charge on any atom is 0.0776 e. The van der Waals surface area contributed by atoms with Gasteiger partial charge in [-0.1, -0.05) is 13.8 Å². The van der Waals surface area contributed by atoms with Gasteiger partial charge in [-0.2, -0.15) is 0 Å². The van der Waals surface area contributed by atoms with Gasteiger partial charge in [0, 0.05) is 26.2 Å². The van der Waals surface area contributed by atoms with Gasteiger partial charge >= 0.3 is 0 Å². The molecule has 3 unspecified atom stereocenters. The van der Waals surface area contributed by atoms with Crippen molar-refractivity contribution < 1.29 is 14.6 Å². The standard InChI is InChI=1S/C15H29NO3/c1-12(2)15(18-4)6-5-14(3,17)13(11-15)16-7-9-19-10-8-16/h12-13,17H,5-11H2,1-4H3. The summed E-state index contributed by atoms with van der Waals surface area (Å²) < 4.78 is 11.3. The highest BCUT2D eigenvalue weighted by Gasteiger charge is 2.49. The molecule has 3 atom stereocenters. The van der Waals surface area contributed by atoms with Crippen LogP contribution in [0.25, 0.3) is 0 Å². The van der Waals surface area contributed by atoms with Gasteiger partial charge in [0.15, 0.2) is 0 Å². The van der Waals surface area contributed by atoms with E-state index >= 15 is 0 Å². The van der Waals surface area contributed by atoms with Crippen molar-refractivity contribution in [2.24, 2.45) is 5.92 Å². The number of rotatable bonds is 3. The molecule has 112 valence electrons.